The van der Waals surface area contributed by atoms with E-state index in [1.54, 1.807) is 0 Å². The van der Waals surface area contributed by atoms with Crippen LogP contribution in [0, 0.1) is 23.7 Å². The third-order valence-corrected chi connectivity index (χ3v) is 4.09. The van der Waals surface area contributed by atoms with Crippen molar-refractivity contribution in [3.05, 3.63) is 0 Å². The molecule has 0 spiro atoms. The van der Waals surface area contributed by atoms with E-state index in [0.29, 0.717) is 11.8 Å². The molecule has 1 nitrogen and oxygen atoms in total. The zero-order valence-corrected chi connectivity index (χ0v) is 8.16. The fourth-order valence-electron chi connectivity index (χ4n) is 3.00. The van der Waals surface area contributed by atoms with Crippen LogP contribution in [-0.2, 0) is 0 Å². The van der Waals surface area contributed by atoms with E-state index in [0.717, 1.165) is 18.3 Å². The maximum absolute atomic E-state index is 9.96. The molecule has 1 N–H and O–H groups in total. The van der Waals surface area contributed by atoms with Gasteiger partial charge in [0.05, 0.1) is 6.10 Å². The van der Waals surface area contributed by atoms with E-state index in [1.807, 2.05) is 0 Å². The Labute approximate surface area is 75.2 Å². The van der Waals surface area contributed by atoms with E-state index in [9.17, 15) is 5.11 Å². The first-order valence-corrected chi connectivity index (χ1v) is 5.43. The molecule has 4 unspecified atom stereocenters. The third-order valence-electron chi connectivity index (χ3n) is 4.09. The summed E-state index contributed by atoms with van der Waals surface area (Å²) in [5.74, 6) is 3.03. The van der Waals surface area contributed by atoms with Gasteiger partial charge in [0.25, 0.3) is 0 Å². The topological polar surface area (TPSA) is 20.2 Å². The minimum atomic E-state index is 0.00491. The van der Waals surface area contributed by atoms with Gasteiger partial charge >= 0.3 is 0 Å². The molecule has 4 atom stereocenters. The molecule has 0 aromatic rings. The standard InChI is InChI=1S/C11H20O/c1-3-7(2)11(12)10-8-5-4-6-9(8)10/h7-12H,3-6H2,1-2H3. The fourth-order valence-corrected chi connectivity index (χ4v) is 3.00. The molecule has 0 aliphatic heterocycles. The lowest BCUT2D eigenvalue weighted by Crippen LogP contribution is -2.21. The number of hydrogen-bond acceptors (Lipinski definition) is 1. The molecule has 1 heteroatoms. The fraction of sp³-hybridized carbons (Fsp3) is 1.00. The van der Waals surface area contributed by atoms with Crippen LogP contribution in [0.25, 0.3) is 0 Å². The minimum absolute atomic E-state index is 0.00491. The van der Waals surface area contributed by atoms with Gasteiger partial charge in [-0.05, 0) is 36.5 Å². The normalized spacial score (nSPS) is 43.8. The van der Waals surface area contributed by atoms with Gasteiger partial charge < -0.3 is 5.11 Å². The molecule has 2 fully saturated rings. The molecule has 0 aromatic heterocycles. The van der Waals surface area contributed by atoms with E-state index < -0.39 is 0 Å². The molecule has 12 heavy (non-hydrogen) atoms. The number of rotatable bonds is 3. The van der Waals surface area contributed by atoms with E-state index in [1.165, 1.54) is 19.3 Å². The Morgan fingerprint density at radius 3 is 2.42 bits per heavy atom. The molecule has 0 bridgehead atoms. The van der Waals surface area contributed by atoms with E-state index in [2.05, 4.69) is 13.8 Å². The molecule has 0 heterocycles. The van der Waals surface area contributed by atoms with Crippen molar-refractivity contribution in [2.75, 3.05) is 0 Å². The van der Waals surface area contributed by atoms with E-state index in [4.69, 9.17) is 0 Å². The van der Waals surface area contributed by atoms with Gasteiger partial charge in [0.2, 0.25) is 0 Å². The number of aliphatic hydroxyl groups excluding tert-OH is 1. The predicted molar refractivity (Wildman–Crippen MR) is 49.8 cm³/mol. The lowest BCUT2D eigenvalue weighted by atomic mass is 9.94. The quantitative estimate of drug-likeness (QED) is 0.686. The summed E-state index contributed by atoms with van der Waals surface area (Å²) < 4.78 is 0. The van der Waals surface area contributed by atoms with Crippen molar-refractivity contribution in [2.24, 2.45) is 23.7 Å². The summed E-state index contributed by atoms with van der Waals surface area (Å²) in [6, 6.07) is 0. The maximum atomic E-state index is 9.96. The molecular formula is C11H20O. The van der Waals surface area contributed by atoms with Crippen LogP contribution in [0.1, 0.15) is 39.5 Å². The summed E-state index contributed by atoms with van der Waals surface area (Å²) in [7, 11) is 0. The molecule has 2 aliphatic rings. The van der Waals surface area contributed by atoms with Crippen LogP contribution in [0.15, 0.2) is 0 Å². The van der Waals surface area contributed by atoms with Gasteiger partial charge in [-0.15, -0.1) is 0 Å². The highest BCUT2D eigenvalue weighted by Crippen LogP contribution is 2.59. The summed E-state index contributed by atoms with van der Waals surface area (Å²) in [6.45, 7) is 4.35. The summed E-state index contributed by atoms with van der Waals surface area (Å²) in [5, 5.41) is 9.96. The number of aliphatic hydroxyl groups is 1. The van der Waals surface area contributed by atoms with Crippen LogP contribution in [-0.4, -0.2) is 11.2 Å². The summed E-state index contributed by atoms with van der Waals surface area (Å²) >= 11 is 0. The van der Waals surface area contributed by atoms with Crippen molar-refractivity contribution in [3.63, 3.8) is 0 Å². The molecule has 0 amide bonds. The smallest absolute Gasteiger partial charge is 0.0599 e. The van der Waals surface area contributed by atoms with Crippen molar-refractivity contribution in [1.82, 2.24) is 0 Å². The zero-order chi connectivity index (χ0) is 8.72. The third kappa shape index (κ3) is 1.19. The first-order chi connectivity index (χ1) is 5.75. The summed E-state index contributed by atoms with van der Waals surface area (Å²) in [5.41, 5.74) is 0. The largest absolute Gasteiger partial charge is 0.393 e. The highest BCUT2D eigenvalue weighted by molar-refractivity contribution is 5.04. The Hall–Kier alpha value is -0.0400. The SMILES string of the molecule is CCC(C)C(O)C1C2CCCC21. The van der Waals surface area contributed by atoms with Gasteiger partial charge in [0.1, 0.15) is 0 Å². The van der Waals surface area contributed by atoms with E-state index in [-0.39, 0.29) is 6.10 Å². The summed E-state index contributed by atoms with van der Waals surface area (Å²) in [4.78, 5) is 0. The van der Waals surface area contributed by atoms with Crippen molar-refractivity contribution in [1.29, 1.82) is 0 Å². The molecule has 2 aliphatic carbocycles. The van der Waals surface area contributed by atoms with Gasteiger partial charge in [-0.1, -0.05) is 26.7 Å². The maximum Gasteiger partial charge on any atom is 0.0599 e. The lowest BCUT2D eigenvalue weighted by molar-refractivity contribution is 0.0799. The summed E-state index contributed by atoms with van der Waals surface area (Å²) in [6.07, 6.45) is 5.33. The second-order valence-corrected chi connectivity index (χ2v) is 4.71. The van der Waals surface area contributed by atoms with Crippen LogP contribution >= 0.6 is 0 Å². The zero-order valence-electron chi connectivity index (χ0n) is 8.16. The van der Waals surface area contributed by atoms with Gasteiger partial charge in [-0.3, -0.25) is 0 Å². The second kappa shape index (κ2) is 3.02. The minimum Gasteiger partial charge on any atom is -0.393 e. The second-order valence-electron chi connectivity index (χ2n) is 4.71. The Morgan fingerprint density at radius 2 is 1.92 bits per heavy atom. The van der Waals surface area contributed by atoms with Crippen LogP contribution in [0.4, 0.5) is 0 Å². The first-order valence-electron chi connectivity index (χ1n) is 5.43. The molecule has 0 radical (unpaired) electrons. The predicted octanol–water partition coefficient (Wildman–Crippen LogP) is 2.44. The highest BCUT2D eigenvalue weighted by atomic mass is 16.3. The Balaban J connectivity index is 1.87. The van der Waals surface area contributed by atoms with Crippen molar-refractivity contribution >= 4 is 0 Å². The molecule has 0 saturated heterocycles. The van der Waals surface area contributed by atoms with Gasteiger partial charge in [-0.2, -0.15) is 0 Å². The molecular weight excluding hydrogens is 148 g/mol. The average molecular weight is 168 g/mol. The van der Waals surface area contributed by atoms with Crippen LogP contribution in [0.3, 0.4) is 0 Å². The van der Waals surface area contributed by atoms with Crippen LogP contribution in [0.2, 0.25) is 0 Å². The van der Waals surface area contributed by atoms with Crippen molar-refractivity contribution in [2.45, 2.75) is 45.6 Å². The Bertz CT molecular complexity index is 154. The van der Waals surface area contributed by atoms with Gasteiger partial charge in [0.15, 0.2) is 0 Å². The van der Waals surface area contributed by atoms with Crippen LogP contribution in [0.5, 0.6) is 0 Å². The lowest BCUT2D eigenvalue weighted by Gasteiger charge is -2.18. The van der Waals surface area contributed by atoms with E-state index >= 15 is 0 Å². The van der Waals surface area contributed by atoms with Crippen molar-refractivity contribution < 1.29 is 5.11 Å². The van der Waals surface area contributed by atoms with Crippen molar-refractivity contribution in [3.8, 4) is 0 Å². The Morgan fingerprint density at radius 1 is 1.33 bits per heavy atom. The van der Waals surface area contributed by atoms with Gasteiger partial charge in [-0.25, -0.2) is 0 Å². The van der Waals surface area contributed by atoms with Crippen LogP contribution < -0.4 is 0 Å². The monoisotopic (exact) mass is 168 g/mol. The molecule has 70 valence electrons. The number of fused-ring (bicyclic) bond motifs is 1. The highest BCUT2D eigenvalue weighted by Gasteiger charge is 2.56. The molecule has 0 aromatic carbocycles. The first kappa shape index (κ1) is 8.55. The molecule has 2 rings (SSSR count). The number of hydrogen-bond donors (Lipinski definition) is 1. The van der Waals surface area contributed by atoms with Gasteiger partial charge in [0, 0.05) is 0 Å². The Kier molecular flexibility index (Phi) is 2.16. The average Bonchev–Trinajstić information content (AvgIpc) is 2.56. The molecule has 2 saturated carbocycles.